The highest BCUT2D eigenvalue weighted by Gasteiger charge is 2.03. The molecule has 0 aliphatic heterocycles. The van der Waals surface area contributed by atoms with Gasteiger partial charge in [-0.15, -0.1) is 11.3 Å². The van der Waals surface area contributed by atoms with Crippen molar-refractivity contribution in [2.24, 2.45) is 0 Å². The highest BCUT2D eigenvalue weighted by atomic mass is 32.1. The summed E-state index contributed by atoms with van der Waals surface area (Å²) in [5.74, 6) is 0. The third kappa shape index (κ3) is 3.58. The van der Waals surface area contributed by atoms with Gasteiger partial charge in [-0.05, 0) is 32.4 Å². The third-order valence-corrected chi connectivity index (χ3v) is 2.86. The van der Waals surface area contributed by atoms with E-state index in [2.05, 4.69) is 37.4 Å². The van der Waals surface area contributed by atoms with Gasteiger partial charge < -0.3 is 5.32 Å². The fraction of sp³-hybridized carbons (Fsp3) is 0.500. The van der Waals surface area contributed by atoms with Gasteiger partial charge in [0.05, 0.1) is 12.6 Å². The van der Waals surface area contributed by atoms with Crippen LogP contribution in [0.1, 0.15) is 16.7 Å². The van der Waals surface area contributed by atoms with Crippen LogP contribution in [0.5, 0.6) is 0 Å². The van der Waals surface area contributed by atoms with Crippen LogP contribution in [0.3, 0.4) is 0 Å². The van der Waals surface area contributed by atoms with E-state index in [0.29, 0.717) is 12.6 Å². The van der Waals surface area contributed by atoms with Crippen LogP contribution >= 0.6 is 11.3 Å². The molecular formula is C10H14N2S. The minimum absolute atomic E-state index is 0.387. The van der Waals surface area contributed by atoms with Gasteiger partial charge in [-0.2, -0.15) is 5.26 Å². The summed E-state index contributed by atoms with van der Waals surface area (Å²) in [5, 5.41) is 11.5. The molecule has 0 saturated heterocycles. The van der Waals surface area contributed by atoms with Gasteiger partial charge in [0.2, 0.25) is 0 Å². The van der Waals surface area contributed by atoms with E-state index in [0.717, 1.165) is 6.42 Å². The smallest absolute Gasteiger partial charge is 0.0843 e. The second kappa shape index (κ2) is 5.00. The number of thiophene rings is 1. The SMILES string of the molecule is Cc1ccc(CC(C)NCC#N)s1. The van der Waals surface area contributed by atoms with E-state index in [1.807, 2.05) is 11.3 Å². The molecule has 0 saturated carbocycles. The van der Waals surface area contributed by atoms with Crippen molar-refractivity contribution in [2.45, 2.75) is 26.3 Å². The molecule has 13 heavy (non-hydrogen) atoms. The topological polar surface area (TPSA) is 35.8 Å². The third-order valence-electron chi connectivity index (χ3n) is 1.83. The van der Waals surface area contributed by atoms with Gasteiger partial charge in [-0.1, -0.05) is 0 Å². The van der Waals surface area contributed by atoms with E-state index < -0.39 is 0 Å². The molecule has 0 aliphatic rings. The van der Waals surface area contributed by atoms with Gasteiger partial charge in [0.15, 0.2) is 0 Å². The molecule has 1 aromatic rings. The van der Waals surface area contributed by atoms with Crippen molar-refractivity contribution < 1.29 is 0 Å². The summed E-state index contributed by atoms with van der Waals surface area (Å²) in [4.78, 5) is 2.73. The molecule has 1 rings (SSSR count). The Morgan fingerprint density at radius 3 is 2.92 bits per heavy atom. The summed E-state index contributed by atoms with van der Waals surface area (Å²) in [6, 6.07) is 6.76. The first kappa shape index (κ1) is 10.2. The maximum absolute atomic E-state index is 8.38. The van der Waals surface area contributed by atoms with Crippen LogP contribution in [0.15, 0.2) is 12.1 Å². The number of rotatable bonds is 4. The summed E-state index contributed by atoms with van der Waals surface area (Å²) in [5.41, 5.74) is 0. The Bertz CT molecular complexity index is 298. The minimum atomic E-state index is 0.387. The average Bonchev–Trinajstić information content (AvgIpc) is 2.48. The predicted octanol–water partition coefficient (Wildman–Crippen LogP) is 2.10. The fourth-order valence-electron chi connectivity index (χ4n) is 1.19. The highest BCUT2D eigenvalue weighted by Crippen LogP contribution is 2.16. The molecule has 0 fully saturated rings. The number of nitrogens with zero attached hydrogens (tertiary/aromatic N) is 1. The summed E-state index contributed by atoms with van der Waals surface area (Å²) in [6.45, 7) is 4.65. The van der Waals surface area contributed by atoms with E-state index in [-0.39, 0.29) is 0 Å². The van der Waals surface area contributed by atoms with Crippen molar-refractivity contribution in [1.29, 1.82) is 5.26 Å². The van der Waals surface area contributed by atoms with Gasteiger partial charge in [0.25, 0.3) is 0 Å². The molecular weight excluding hydrogens is 180 g/mol. The highest BCUT2D eigenvalue weighted by molar-refractivity contribution is 7.11. The van der Waals surface area contributed by atoms with Crippen LogP contribution in [0.4, 0.5) is 0 Å². The zero-order valence-electron chi connectivity index (χ0n) is 8.00. The van der Waals surface area contributed by atoms with E-state index in [1.165, 1.54) is 9.75 Å². The van der Waals surface area contributed by atoms with Crippen molar-refractivity contribution in [3.05, 3.63) is 21.9 Å². The second-order valence-corrected chi connectivity index (χ2v) is 4.53. The lowest BCUT2D eigenvalue weighted by Crippen LogP contribution is -2.27. The molecule has 0 amide bonds. The lowest BCUT2D eigenvalue weighted by atomic mass is 10.2. The zero-order chi connectivity index (χ0) is 9.68. The number of nitrogens with one attached hydrogen (secondary N) is 1. The molecule has 0 aromatic carbocycles. The van der Waals surface area contributed by atoms with Crippen LogP contribution < -0.4 is 5.32 Å². The molecule has 0 aliphatic carbocycles. The lowest BCUT2D eigenvalue weighted by Gasteiger charge is -2.08. The standard InChI is InChI=1S/C10H14N2S/c1-8(12-6-5-11)7-10-4-3-9(2)13-10/h3-4,8,12H,6-7H2,1-2H3. The summed E-state index contributed by atoms with van der Waals surface area (Å²) in [6.07, 6.45) is 1.01. The Kier molecular flexibility index (Phi) is 3.94. The normalized spacial score (nSPS) is 12.4. The summed E-state index contributed by atoms with van der Waals surface area (Å²) >= 11 is 1.83. The Hall–Kier alpha value is -0.850. The zero-order valence-corrected chi connectivity index (χ0v) is 8.82. The Morgan fingerprint density at radius 1 is 1.62 bits per heavy atom. The quantitative estimate of drug-likeness (QED) is 0.745. The largest absolute Gasteiger partial charge is 0.302 e. The number of hydrogen-bond acceptors (Lipinski definition) is 3. The van der Waals surface area contributed by atoms with Gasteiger partial charge in [-0.25, -0.2) is 0 Å². The molecule has 1 unspecified atom stereocenters. The monoisotopic (exact) mass is 194 g/mol. The van der Waals surface area contributed by atoms with Crippen molar-refractivity contribution in [2.75, 3.05) is 6.54 Å². The molecule has 1 heterocycles. The summed E-state index contributed by atoms with van der Waals surface area (Å²) in [7, 11) is 0. The molecule has 1 aromatic heterocycles. The van der Waals surface area contributed by atoms with E-state index in [9.17, 15) is 0 Å². The molecule has 70 valence electrons. The number of hydrogen-bond donors (Lipinski definition) is 1. The van der Waals surface area contributed by atoms with Crippen molar-refractivity contribution in [3.8, 4) is 6.07 Å². The van der Waals surface area contributed by atoms with Gasteiger partial charge >= 0.3 is 0 Å². The van der Waals surface area contributed by atoms with Crippen LogP contribution in [-0.2, 0) is 6.42 Å². The maximum Gasteiger partial charge on any atom is 0.0843 e. The molecule has 0 bridgehead atoms. The predicted molar refractivity (Wildman–Crippen MR) is 55.8 cm³/mol. The van der Waals surface area contributed by atoms with E-state index >= 15 is 0 Å². The maximum atomic E-state index is 8.38. The molecule has 1 atom stereocenters. The van der Waals surface area contributed by atoms with Crippen LogP contribution in [-0.4, -0.2) is 12.6 Å². The lowest BCUT2D eigenvalue weighted by molar-refractivity contribution is 0.587. The minimum Gasteiger partial charge on any atom is -0.302 e. The Balaban J connectivity index is 2.37. The van der Waals surface area contributed by atoms with Crippen LogP contribution in [0, 0.1) is 18.3 Å². The van der Waals surface area contributed by atoms with Gasteiger partial charge in [0.1, 0.15) is 0 Å². The number of aryl methyl sites for hydroxylation is 1. The Morgan fingerprint density at radius 2 is 2.38 bits per heavy atom. The first-order valence-corrected chi connectivity index (χ1v) is 5.19. The van der Waals surface area contributed by atoms with Crippen molar-refractivity contribution >= 4 is 11.3 Å². The summed E-state index contributed by atoms with van der Waals surface area (Å²) < 4.78 is 0. The average molecular weight is 194 g/mol. The molecule has 2 nitrogen and oxygen atoms in total. The second-order valence-electron chi connectivity index (χ2n) is 3.16. The molecule has 3 heteroatoms. The molecule has 0 spiro atoms. The molecule has 0 radical (unpaired) electrons. The van der Waals surface area contributed by atoms with E-state index in [4.69, 9.17) is 5.26 Å². The van der Waals surface area contributed by atoms with Crippen LogP contribution in [0.2, 0.25) is 0 Å². The first-order chi connectivity index (χ1) is 6.22. The first-order valence-electron chi connectivity index (χ1n) is 4.38. The van der Waals surface area contributed by atoms with Crippen molar-refractivity contribution in [3.63, 3.8) is 0 Å². The fourth-order valence-corrected chi connectivity index (χ4v) is 2.21. The van der Waals surface area contributed by atoms with E-state index in [1.54, 1.807) is 0 Å². The Labute approximate surface area is 83.2 Å². The van der Waals surface area contributed by atoms with Gasteiger partial charge in [0, 0.05) is 15.8 Å². The van der Waals surface area contributed by atoms with Gasteiger partial charge in [-0.3, -0.25) is 0 Å². The van der Waals surface area contributed by atoms with Crippen molar-refractivity contribution in [1.82, 2.24) is 5.32 Å². The molecule has 1 N–H and O–H groups in total. The van der Waals surface area contributed by atoms with Crippen LogP contribution in [0.25, 0.3) is 0 Å². The number of nitriles is 1.